The first kappa shape index (κ1) is 11.7. The van der Waals surface area contributed by atoms with Crippen LogP contribution in [0.25, 0.3) is 0 Å². The van der Waals surface area contributed by atoms with Gasteiger partial charge in [-0.05, 0) is 24.3 Å². The molecule has 1 rings (SSSR count). The van der Waals surface area contributed by atoms with Crippen molar-refractivity contribution in [1.29, 1.82) is 0 Å². The smallest absolute Gasteiger partial charge is 0.202 e. The Kier molecular flexibility index (Phi) is 3.14. The summed E-state index contributed by atoms with van der Waals surface area (Å²) in [6, 6.07) is 0. The molecule has 0 radical (unpaired) electrons. The van der Waals surface area contributed by atoms with Gasteiger partial charge in [0.2, 0.25) is 5.78 Å². The van der Waals surface area contributed by atoms with Crippen molar-refractivity contribution >= 4 is 11.6 Å². The Bertz CT molecular complexity index is 388. The molecule has 0 aliphatic heterocycles. The number of carbonyl (C=O) groups excluding carboxylic acids is 2. The highest BCUT2D eigenvalue weighted by atomic mass is 16.1. The zero-order chi connectivity index (χ0) is 11.6. The van der Waals surface area contributed by atoms with Gasteiger partial charge in [-0.3, -0.25) is 9.59 Å². The van der Waals surface area contributed by atoms with E-state index in [0.717, 1.165) is 5.57 Å². The Balaban J connectivity index is 3.06. The predicted molar refractivity (Wildman–Crippen MR) is 59.1 cm³/mol. The molecule has 0 aromatic rings. The summed E-state index contributed by atoms with van der Waals surface area (Å²) in [6.07, 6.45) is 2.15. The zero-order valence-electron chi connectivity index (χ0n) is 9.68. The average Bonchev–Trinajstić information content (AvgIpc) is 1.98. The fourth-order valence-electron chi connectivity index (χ4n) is 2.04. The van der Waals surface area contributed by atoms with Crippen molar-refractivity contribution in [3.63, 3.8) is 0 Å². The van der Waals surface area contributed by atoms with Crippen LogP contribution in [-0.2, 0) is 9.59 Å². The van der Waals surface area contributed by atoms with E-state index in [-0.39, 0.29) is 22.9 Å². The normalized spacial score (nSPS) is 23.9. The van der Waals surface area contributed by atoms with Crippen LogP contribution in [0.15, 0.2) is 11.6 Å². The average molecular weight is 204 g/mol. The van der Waals surface area contributed by atoms with Crippen LogP contribution >= 0.6 is 0 Å². The molecule has 0 N–H and O–H groups in total. The summed E-state index contributed by atoms with van der Waals surface area (Å²) in [5.74, 6) is 5.57. The molecule has 15 heavy (non-hydrogen) atoms. The predicted octanol–water partition coefficient (Wildman–Crippen LogP) is 2.14. The van der Waals surface area contributed by atoms with Crippen LogP contribution in [0, 0.1) is 23.2 Å². The van der Waals surface area contributed by atoms with Gasteiger partial charge in [0.1, 0.15) is 0 Å². The van der Waals surface area contributed by atoms with Crippen LogP contribution in [0.5, 0.6) is 0 Å². The van der Waals surface area contributed by atoms with Gasteiger partial charge in [-0.1, -0.05) is 25.3 Å². The quantitative estimate of drug-likeness (QED) is 0.447. The second kappa shape index (κ2) is 4.02. The zero-order valence-corrected chi connectivity index (χ0v) is 9.68. The standard InChI is InChI=1S/C13H16O2/c1-9-7-11(15)8-13(3,4)12(9)6-5-10(2)14/h7,12H,8H2,1-4H3. The van der Waals surface area contributed by atoms with Gasteiger partial charge in [0.05, 0.1) is 0 Å². The summed E-state index contributed by atoms with van der Waals surface area (Å²) >= 11 is 0. The molecular weight excluding hydrogens is 188 g/mol. The van der Waals surface area contributed by atoms with Crippen LogP contribution in [0.3, 0.4) is 0 Å². The molecule has 0 amide bonds. The SMILES string of the molecule is CC(=O)C#CC1C(C)=CC(=O)CC1(C)C. The van der Waals surface area contributed by atoms with Crippen molar-refractivity contribution < 1.29 is 9.59 Å². The molecule has 1 unspecified atom stereocenters. The van der Waals surface area contributed by atoms with E-state index in [4.69, 9.17) is 0 Å². The van der Waals surface area contributed by atoms with Gasteiger partial charge in [-0.25, -0.2) is 0 Å². The number of hydrogen-bond donors (Lipinski definition) is 0. The van der Waals surface area contributed by atoms with Gasteiger partial charge >= 0.3 is 0 Å². The van der Waals surface area contributed by atoms with Gasteiger partial charge in [-0.15, -0.1) is 0 Å². The molecule has 80 valence electrons. The summed E-state index contributed by atoms with van der Waals surface area (Å²) in [7, 11) is 0. The molecule has 0 spiro atoms. The van der Waals surface area contributed by atoms with Gasteiger partial charge in [0, 0.05) is 19.3 Å². The number of hydrogen-bond acceptors (Lipinski definition) is 2. The second-order valence-corrected chi connectivity index (χ2v) is 4.78. The molecule has 0 fully saturated rings. The lowest BCUT2D eigenvalue weighted by Crippen LogP contribution is -2.30. The molecule has 1 aliphatic carbocycles. The number of carbonyl (C=O) groups is 2. The Morgan fingerprint density at radius 1 is 1.53 bits per heavy atom. The summed E-state index contributed by atoms with van der Waals surface area (Å²) in [5, 5.41) is 0. The van der Waals surface area contributed by atoms with Crippen molar-refractivity contribution in [2.45, 2.75) is 34.1 Å². The lowest BCUT2D eigenvalue weighted by atomic mass is 9.68. The third-order valence-corrected chi connectivity index (χ3v) is 2.65. The number of Topliss-reactive ketones (excluding diaryl/α,β-unsaturated/α-hetero) is 1. The molecular formula is C13H16O2. The molecule has 2 heteroatoms. The Labute approximate surface area is 90.7 Å². The highest BCUT2D eigenvalue weighted by Gasteiger charge is 2.34. The lowest BCUT2D eigenvalue weighted by Gasteiger charge is -2.34. The van der Waals surface area contributed by atoms with Crippen molar-refractivity contribution in [2.24, 2.45) is 11.3 Å². The summed E-state index contributed by atoms with van der Waals surface area (Å²) in [4.78, 5) is 22.2. The van der Waals surface area contributed by atoms with Gasteiger partial charge < -0.3 is 0 Å². The van der Waals surface area contributed by atoms with E-state index < -0.39 is 0 Å². The monoisotopic (exact) mass is 204 g/mol. The summed E-state index contributed by atoms with van der Waals surface area (Å²) < 4.78 is 0. The van der Waals surface area contributed by atoms with Gasteiger partial charge in [0.15, 0.2) is 5.78 Å². The molecule has 0 saturated carbocycles. The van der Waals surface area contributed by atoms with E-state index in [9.17, 15) is 9.59 Å². The maximum absolute atomic E-state index is 11.4. The van der Waals surface area contributed by atoms with E-state index >= 15 is 0 Å². The molecule has 1 atom stereocenters. The minimum absolute atomic E-state index is 0.0131. The maximum Gasteiger partial charge on any atom is 0.202 e. The first-order valence-electron chi connectivity index (χ1n) is 5.06. The molecule has 0 bridgehead atoms. The fraction of sp³-hybridized carbons (Fsp3) is 0.538. The fourth-order valence-corrected chi connectivity index (χ4v) is 2.04. The Morgan fingerprint density at radius 2 is 2.13 bits per heavy atom. The molecule has 0 saturated heterocycles. The van der Waals surface area contributed by atoms with Crippen LogP contribution in [0.1, 0.15) is 34.1 Å². The minimum atomic E-state index is -0.168. The van der Waals surface area contributed by atoms with E-state index in [0.29, 0.717) is 6.42 Å². The van der Waals surface area contributed by atoms with Crippen LogP contribution in [-0.4, -0.2) is 11.6 Å². The van der Waals surface area contributed by atoms with Crippen molar-refractivity contribution in [1.82, 2.24) is 0 Å². The largest absolute Gasteiger partial charge is 0.295 e. The van der Waals surface area contributed by atoms with Crippen molar-refractivity contribution in [2.75, 3.05) is 0 Å². The van der Waals surface area contributed by atoms with Crippen LogP contribution in [0.4, 0.5) is 0 Å². The maximum atomic E-state index is 11.4. The summed E-state index contributed by atoms with van der Waals surface area (Å²) in [5.41, 5.74) is 0.795. The van der Waals surface area contributed by atoms with Crippen LogP contribution in [0.2, 0.25) is 0 Å². The minimum Gasteiger partial charge on any atom is -0.295 e. The van der Waals surface area contributed by atoms with Crippen LogP contribution < -0.4 is 0 Å². The van der Waals surface area contributed by atoms with Gasteiger partial charge in [-0.2, -0.15) is 0 Å². The molecule has 0 heterocycles. The second-order valence-electron chi connectivity index (χ2n) is 4.78. The van der Waals surface area contributed by atoms with E-state index in [1.165, 1.54) is 6.92 Å². The van der Waals surface area contributed by atoms with E-state index in [1.807, 2.05) is 20.8 Å². The molecule has 0 aromatic heterocycles. The molecule has 1 aliphatic rings. The lowest BCUT2D eigenvalue weighted by molar-refractivity contribution is -0.117. The first-order chi connectivity index (χ1) is 6.83. The number of ketones is 2. The Morgan fingerprint density at radius 3 is 2.60 bits per heavy atom. The molecule has 2 nitrogen and oxygen atoms in total. The topological polar surface area (TPSA) is 34.1 Å². The highest BCUT2D eigenvalue weighted by Crippen LogP contribution is 2.38. The third kappa shape index (κ3) is 2.79. The first-order valence-corrected chi connectivity index (χ1v) is 5.06. The number of allylic oxidation sites excluding steroid dienone is 2. The highest BCUT2D eigenvalue weighted by molar-refractivity contribution is 5.94. The Hall–Kier alpha value is -1.36. The van der Waals surface area contributed by atoms with Crippen molar-refractivity contribution in [3.8, 4) is 11.8 Å². The van der Waals surface area contributed by atoms with Gasteiger partial charge in [0.25, 0.3) is 0 Å². The summed E-state index contributed by atoms with van der Waals surface area (Å²) in [6.45, 7) is 7.38. The number of rotatable bonds is 0. The molecule has 0 aromatic carbocycles. The van der Waals surface area contributed by atoms with E-state index in [1.54, 1.807) is 6.08 Å². The third-order valence-electron chi connectivity index (χ3n) is 2.65. The van der Waals surface area contributed by atoms with E-state index in [2.05, 4.69) is 11.8 Å². The van der Waals surface area contributed by atoms with Crippen molar-refractivity contribution in [3.05, 3.63) is 11.6 Å².